The second kappa shape index (κ2) is 4.94. The molecule has 4 aliphatic carbocycles. The summed E-state index contributed by atoms with van der Waals surface area (Å²) in [5.74, 6) is 0.195. The highest BCUT2D eigenvalue weighted by molar-refractivity contribution is 6.31. The first-order chi connectivity index (χ1) is 8.49. The Morgan fingerprint density at radius 2 is 1.58 bits per heavy atom. The van der Waals surface area contributed by atoms with Crippen LogP contribution in [0.3, 0.4) is 0 Å². The summed E-state index contributed by atoms with van der Waals surface area (Å²) in [6.07, 6.45) is 5.99. The molecular weight excluding hydrogens is 268 g/mol. The summed E-state index contributed by atoms with van der Waals surface area (Å²) in [6.45, 7) is 0.312. The van der Waals surface area contributed by atoms with E-state index in [1.165, 1.54) is 6.42 Å². The number of nitrogens with two attached hydrogens (primary N) is 1. The van der Waals surface area contributed by atoms with E-state index in [-0.39, 0.29) is 17.9 Å². The van der Waals surface area contributed by atoms with Gasteiger partial charge in [0.05, 0.1) is 0 Å². The van der Waals surface area contributed by atoms with E-state index in [0.717, 1.165) is 37.5 Å². The predicted molar refractivity (Wildman–Crippen MR) is 71.9 cm³/mol. The first-order valence-corrected chi connectivity index (χ1v) is 6.79. The molecule has 6 heteroatoms. The van der Waals surface area contributed by atoms with Crippen molar-refractivity contribution in [3.8, 4) is 0 Å². The maximum atomic E-state index is 11.2. The number of aliphatic carboxylic acids is 1. The Morgan fingerprint density at radius 1 is 1.11 bits per heavy atom. The van der Waals surface area contributed by atoms with Gasteiger partial charge in [-0.25, -0.2) is 4.79 Å². The third-order valence-electron chi connectivity index (χ3n) is 5.41. The lowest BCUT2D eigenvalue weighted by atomic mass is 9.49. The first-order valence-electron chi connectivity index (χ1n) is 6.79. The number of halogens is 1. The van der Waals surface area contributed by atoms with E-state index in [1.807, 2.05) is 0 Å². The maximum absolute atomic E-state index is 11.2. The fourth-order valence-electron chi connectivity index (χ4n) is 4.66. The smallest absolute Gasteiger partial charge is 0.394 e. The number of carbonyl (C=O) groups is 2. The summed E-state index contributed by atoms with van der Waals surface area (Å²) in [5, 5.41) is 11.1. The molecule has 0 aromatic heterocycles. The number of rotatable bonds is 2. The number of amides is 1. The number of carboxylic acid groups (broad SMARTS) is 1. The molecule has 4 N–H and O–H groups in total. The Bertz CT molecular complexity index is 371. The average molecular weight is 289 g/mol. The molecule has 4 aliphatic rings. The lowest BCUT2D eigenvalue weighted by Crippen LogP contribution is -2.67. The number of carboxylic acids is 1. The summed E-state index contributed by atoms with van der Waals surface area (Å²) in [4.78, 5) is 21.7. The van der Waals surface area contributed by atoms with Crippen LogP contribution >= 0.6 is 12.4 Å². The summed E-state index contributed by atoms with van der Waals surface area (Å²) in [6, 6.07) is 0. The van der Waals surface area contributed by atoms with Crippen molar-refractivity contribution in [2.24, 2.45) is 29.4 Å². The number of hydrogen-bond acceptors (Lipinski definition) is 3. The van der Waals surface area contributed by atoms with Gasteiger partial charge < -0.3 is 16.2 Å². The van der Waals surface area contributed by atoms with Crippen molar-refractivity contribution in [3.63, 3.8) is 0 Å². The zero-order valence-electron chi connectivity index (χ0n) is 10.8. The van der Waals surface area contributed by atoms with E-state index in [0.29, 0.717) is 18.4 Å². The molecule has 4 rings (SSSR count). The number of hydrogen-bond donors (Lipinski definition) is 3. The Morgan fingerprint density at radius 3 is 2.00 bits per heavy atom. The van der Waals surface area contributed by atoms with Crippen molar-refractivity contribution in [1.82, 2.24) is 5.32 Å². The zero-order valence-corrected chi connectivity index (χ0v) is 11.6. The lowest BCUT2D eigenvalue weighted by Gasteiger charge is -2.59. The fraction of sp³-hybridized carbons (Fsp3) is 0.846. The van der Waals surface area contributed by atoms with E-state index >= 15 is 0 Å². The second-order valence-corrected chi connectivity index (χ2v) is 6.40. The molecule has 108 valence electrons. The van der Waals surface area contributed by atoms with Crippen LogP contribution in [0.1, 0.15) is 32.1 Å². The molecular formula is C13H21ClN2O3. The molecule has 0 aromatic carbocycles. The molecule has 0 unspecified atom stereocenters. The third-order valence-corrected chi connectivity index (χ3v) is 5.41. The van der Waals surface area contributed by atoms with Gasteiger partial charge in [0.2, 0.25) is 0 Å². The van der Waals surface area contributed by atoms with Gasteiger partial charge in [-0.15, -0.1) is 12.4 Å². The molecule has 4 bridgehead atoms. The van der Waals surface area contributed by atoms with Crippen LogP contribution in [-0.4, -0.2) is 29.1 Å². The van der Waals surface area contributed by atoms with Crippen LogP contribution in [0.15, 0.2) is 0 Å². The van der Waals surface area contributed by atoms with Gasteiger partial charge in [0.15, 0.2) is 0 Å². The van der Waals surface area contributed by atoms with Crippen LogP contribution in [0.25, 0.3) is 0 Å². The molecule has 19 heavy (non-hydrogen) atoms. The fourth-order valence-corrected chi connectivity index (χ4v) is 4.66. The maximum Gasteiger partial charge on any atom is 0.394 e. The van der Waals surface area contributed by atoms with E-state index in [2.05, 4.69) is 5.32 Å². The van der Waals surface area contributed by atoms with E-state index in [9.17, 15) is 9.59 Å². The van der Waals surface area contributed by atoms with E-state index < -0.39 is 11.9 Å². The number of carbonyl (C=O) groups excluding carboxylic acids is 1. The van der Waals surface area contributed by atoms with Gasteiger partial charge in [-0.05, 0) is 55.8 Å². The van der Waals surface area contributed by atoms with Crippen LogP contribution < -0.4 is 11.1 Å². The average Bonchev–Trinajstić information content (AvgIpc) is 2.32. The monoisotopic (exact) mass is 288 g/mol. The summed E-state index contributed by atoms with van der Waals surface area (Å²) in [7, 11) is 0. The first kappa shape index (κ1) is 14.6. The molecule has 0 saturated heterocycles. The van der Waals surface area contributed by atoms with Crippen molar-refractivity contribution in [2.45, 2.75) is 37.6 Å². The van der Waals surface area contributed by atoms with Crippen LogP contribution in [0.5, 0.6) is 0 Å². The molecule has 4 saturated carbocycles. The van der Waals surface area contributed by atoms with Crippen molar-refractivity contribution in [1.29, 1.82) is 0 Å². The standard InChI is InChI=1S/C13H20N2O3.ClH/c14-13(6-15-11(16)12(17)18)9-2-7-1-8(4-9)5-10(13)3-7;/h7-10H,1-6,14H2,(H,15,16)(H,17,18);1H. The van der Waals surface area contributed by atoms with Crippen molar-refractivity contribution in [2.75, 3.05) is 6.54 Å². The summed E-state index contributed by atoms with van der Waals surface area (Å²) in [5.41, 5.74) is 6.16. The van der Waals surface area contributed by atoms with Gasteiger partial charge in [-0.2, -0.15) is 0 Å². The van der Waals surface area contributed by atoms with Gasteiger partial charge in [0, 0.05) is 12.1 Å². The van der Waals surface area contributed by atoms with Gasteiger partial charge >= 0.3 is 11.9 Å². The molecule has 1 amide bonds. The molecule has 0 heterocycles. The topological polar surface area (TPSA) is 92.4 Å². The molecule has 0 aromatic rings. The van der Waals surface area contributed by atoms with Crippen molar-refractivity contribution < 1.29 is 14.7 Å². The largest absolute Gasteiger partial charge is 0.474 e. The van der Waals surface area contributed by atoms with Crippen molar-refractivity contribution >= 4 is 24.3 Å². The third kappa shape index (κ3) is 2.34. The Hall–Kier alpha value is -0.810. The van der Waals surface area contributed by atoms with Crippen molar-refractivity contribution in [3.05, 3.63) is 0 Å². The van der Waals surface area contributed by atoms with Gasteiger partial charge in [-0.3, -0.25) is 4.79 Å². The molecule has 0 spiro atoms. The summed E-state index contributed by atoms with van der Waals surface area (Å²) >= 11 is 0. The molecule has 0 atom stereocenters. The lowest BCUT2D eigenvalue weighted by molar-refractivity contribution is -0.150. The minimum Gasteiger partial charge on any atom is -0.474 e. The molecule has 0 aliphatic heterocycles. The second-order valence-electron chi connectivity index (χ2n) is 6.40. The van der Waals surface area contributed by atoms with E-state index in [1.54, 1.807) is 0 Å². The quantitative estimate of drug-likeness (QED) is 0.654. The SMILES string of the molecule is Cl.NC1(CNC(=O)C(=O)O)C2CC3CC(C2)CC1C3. The van der Waals surface area contributed by atoms with Crippen LogP contribution in [0.4, 0.5) is 0 Å². The van der Waals surface area contributed by atoms with Crippen LogP contribution in [-0.2, 0) is 9.59 Å². The van der Waals surface area contributed by atoms with Crippen LogP contribution in [0.2, 0.25) is 0 Å². The number of nitrogens with one attached hydrogen (secondary N) is 1. The highest BCUT2D eigenvalue weighted by Crippen LogP contribution is 2.57. The Kier molecular flexibility index (Phi) is 3.80. The zero-order chi connectivity index (χ0) is 12.9. The summed E-state index contributed by atoms with van der Waals surface area (Å²) < 4.78 is 0. The molecule has 4 fully saturated rings. The van der Waals surface area contributed by atoms with Gasteiger partial charge in [-0.1, -0.05) is 0 Å². The Labute approximate surface area is 118 Å². The van der Waals surface area contributed by atoms with Crippen LogP contribution in [0, 0.1) is 23.7 Å². The molecule has 5 nitrogen and oxygen atoms in total. The molecule has 0 radical (unpaired) electrons. The van der Waals surface area contributed by atoms with Gasteiger partial charge in [0.25, 0.3) is 0 Å². The highest BCUT2D eigenvalue weighted by Gasteiger charge is 2.55. The minimum absolute atomic E-state index is 0. The minimum atomic E-state index is -1.43. The van der Waals surface area contributed by atoms with E-state index in [4.69, 9.17) is 10.8 Å². The highest BCUT2D eigenvalue weighted by atomic mass is 35.5. The predicted octanol–water partition coefficient (Wildman–Crippen LogP) is 0.763. The normalized spacial score (nSPS) is 42.6. The Balaban J connectivity index is 0.00000133. The van der Waals surface area contributed by atoms with Gasteiger partial charge in [0.1, 0.15) is 0 Å².